The number of aliphatic hydroxyl groups is 1. The smallest absolute Gasteiger partial charge is 0.416 e. The Balaban J connectivity index is 1.63. The van der Waals surface area contributed by atoms with Gasteiger partial charge in [-0.3, -0.25) is 4.79 Å². The van der Waals surface area contributed by atoms with Crippen molar-refractivity contribution in [2.75, 3.05) is 38.7 Å². The molecule has 0 radical (unpaired) electrons. The lowest BCUT2D eigenvalue weighted by Gasteiger charge is -2.28. The molecule has 2 aromatic carbocycles. The summed E-state index contributed by atoms with van der Waals surface area (Å²) in [5.41, 5.74) is 0.171. The fraction of sp³-hybridized carbons (Fsp3) is 0.407. The first-order valence-corrected chi connectivity index (χ1v) is 12.6. The van der Waals surface area contributed by atoms with Crippen LogP contribution in [0.1, 0.15) is 42.7 Å². The van der Waals surface area contributed by atoms with Crippen LogP contribution in [0.25, 0.3) is 11.0 Å². The highest BCUT2D eigenvalue weighted by atomic mass is 19.4. The molecule has 39 heavy (non-hydrogen) atoms. The highest BCUT2D eigenvalue weighted by Gasteiger charge is 2.33. The van der Waals surface area contributed by atoms with Crippen molar-refractivity contribution in [3.63, 3.8) is 0 Å². The molecule has 12 heteroatoms. The van der Waals surface area contributed by atoms with Crippen molar-refractivity contribution >= 4 is 22.9 Å². The minimum absolute atomic E-state index is 0.0192. The Hall–Kier alpha value is -3.93. The molecule has 3 heterocycles. The Morgan fingerprint density at radius 2 is 2.08 bits per heavy atom. The van der Waals surface area contributed by atoms with E-state index in [4.69, 9.17) is 19.2 Å². The van der Waals surface area contributed by atoms with Gasteiger partial charge in [-0.15, -0.1) is 0 Å². The van der Waals surface area contributed by atoms with Crippen molar-refractivity contribution in [2.45, 2.75) is 37.7 Å². The molecule has 0 bridgehead atoms. The zero-order valence-electron chi connectivity index (χ0n) is 21.3. The molecule has 1 aromatic heterocycles. The van der Waals surface area contributed by atoms with E-state index in [0.29, 0.717) is 61.0 Å². The molecule has 3 aromatic rings. The average Bonchev–Trinajstić information content (AvgIpc) is 3.10. The first-order valence-electron chi connectivity index (χ1n) is 12.6. The fourth-order valence-electron chi connectivity index (χ4n) is 5.12. The van der Waals surface area contributed by atoms with Crippen molar-refractivity contribution < 1.29 is 37.3 Å². The third-order valence-corrected chi connectivity index (χ3v) is 6.94. The number of carbonyl (C=O) groups is 1. The molecule has 2 N–H and O–H groups in total. The molecule has 208 valence electrons. The van der Waals surface area contributed by atoms with Gasteiger partial charge in [-0.2, -0.15) is 13.2 Å². The number of fused-ring (bicyclic) bond motifs is 2. The van der Waals surface area contributed by atoms with Crippen LogP contribution < -0.4 is 19.5 Å². The number of carbonyl (C=O) groups excluding carboxylic acids is 1. The summed E-state index contributed by atoms with van der Waals surface area (Å²) in [7, 11) is 1.50. The van der Waals surface area contributed by atoms with Gasteiger partial charge in [0.05, 0.1) is 24.2 Å². The Kier molecular flexibility index (Phi) is 7.30. The van der Waals surface area contributed by atoms with Crippen LogP contribution in [-0.4, -0.2) is 58.9 Å². The molecule has 5 rings (SSSR count). The van der Waals surface area contributed by atoms with Gasteiger partial charge < -0.3 is 34.1 Å². The largest absolute Gasteiger partial charge is 0.491 e. The first kappa shape index (κ1) is 26.7. The number of nitrogens with one attached hydrogen (secondary N) is 1. The number of rotatable bonds is 6. The second kappa shape index (κ2) is 10.7. The molecule has 2 aliphatic rings. The number of amides is 1. The number of alkyl halides is 3. The molecule has 9 nitrogen and oxygen atoms in total. The number of imidazole rings is 1. The standard InChI is InChI=1S/C27H29F3N4O5/c1-3-21(35)33-10-5-4-9-18(15-33)34-22-19(14-20-23(24(22)37-2)39-12-11-38-20)31-26(34)32-25(36)16-7-6-8-17(13-16)27(28,29)30/h3,6-8,13-14,18,25,36H,1,4-5,9-12,15H2,2H3,(H,31,32)/t18-,25?/m1/s1. The van der Waals surface area contributed by atoms with Gasteiger partial charge in [0.1, 0.15) is 18.7 Å². The van der Waals surface area contributed by atoms with E-state index in [-0.39, 0.29) is 23.5 Å². The predicted molar refractivity (Wildman–Crippen MR) is 137 cm³/mol. The molecule has 0 spiro atoms. The van der Waals surface area contributed by atoms with Crippen LogP contribution in [0.5, 0.6) is 17.2 Å². The second-order valence-electron chi connectivity index (χ2n) is 9.42. The highest BCUT2D eigenvalue weighted by Crippen LogP contribution is 2.47. The Morgan fingerprint density at radius 3 is 2.82 bits per heavy atom. The van der Waals surface area contributed by atoms with Crippen molar-refractivity contribution in [3.8, 4) is 17.2 Å². The number of benzene rings is 2. The zero-order valence-corrected chi connectivity index (χ0v) is 21.3. The lowest BCUT2D eigenvalue weighted by molar-refractivity contribution is -0.137. The lowest BCUT2D eigenvalue weighted by atomic mass is 10.1. The van der Waals surface area contributed by atoms with E-state index < -0.39 is 18.0 Å². The Bertz CT molecular complexity index is 1390. The van der Waals surface area contributed by atoms with Crippen LogP contribution in [-0.2, 0) is 11.0 Å². The van der Waals surface area contributed by atoms with E-state index >= 15 is 0 Å². The van der Waals surface area contributed by atoms with Gasteiger partial charge in [0.15, 0.2) is 17.7 Å². The van der Waals surface area contributed by atoms with Crippen molar-refractivity contribution in [3.05, 3.63) is 54.1 Å². The Morgan fingerprint density at radius 1 is 1.28 bits per heavy atom. The number of aromatic nitrogens is 2. The molecule has 1 saturated heterocycles. The summed E-state index contributed by atoms with van der Waals surface area (Å²) in [6.07, 6.45) is -2.51. The molecular formula is C27H29F3N4O5. The summed E-state index contributed by atoms with van der Waals surface area (Å²) >= 11 is 0. The molecular weight excluding hydrogens is 517 g/mol. The number of hydrogen-bond donors (Lipinski definition) is 2. The molecule has 2 aliphatic heterocycles. The van der Waals surface area contributed by atoms with Gasteiger partial charge in [-0.25, -0.2) is 4.98 Å². The molecule has 2 atom stereocenters. The molecule has 1 amide bonds. The van der Waals surface area contributed by atoms with Crippen molar-refractivity contribution in [1.29, 1.82) is 0 Å². The third kappa shape index (κ3) is 5.20. The number of halogens is 3. The van der Waals surface area contributed by atoms with Crippen molar-refractivity contribution in [2.24, 2.45) is 0 Å². The van der Waals surface area contributed by atoms with Crippen LogP contribution in [0.2, 0.25) is 0 Å². The van der Waals surface area contributed by atoms with Gasteiger partial charge in [-0.1, -0.05) is 18.7 Å². The van der Waals surface area contributed by atoms with Crippen LogP contribution in [0.15, 0.2) is 43.0 Å². The minimum atomic E-state index is -4.56. The predicted octanol–water partition coefficient (Wildman–Crippen LogP) is 4.68. The maximum absolute atomic E-state index is 13.3. The summed E-state index contributed by atoms with van der Waals surface area (Å²) in [6, 6.07) is 5.88. The van der Waals surface area contributed by atoms with Crippen LogP contribution in [0.3, 0.4) is 0 Å². The van der Waals surface area contributed by atoms with Gasteiger partial charge in [0.2, 0.25) is 17.6 Å². The molecule has 1 fully saturated rings. The molecule has 0 aliphatic carbocycles. The third-order valence-electron chi connectivity index (χ3n) is 6.94. The summed E-state index contributed by atoms with van der Waals surface area (Å²) in [5.74, 6) is 1.24. The van der Waals surface area contributed by atoms with Crippen LogP contribution in [0.4, 0.5) is 19.1 Å². The van der Waals surface area contributed by atoms with Crippen LogP contribution >= 0.6 is 0 Å². The number of nitrogens with zero attached hydrogens (tertiary/aromatic N) is 3. The Labute approximate surface area is 222 Å². The summed E-state index contributed by atoms with van der Waals surface area (Å²) in [6.45, 7) is 5.18. The topological polar surface area (TPSA) is 98.1 Å². The normalized spacial score (nSPS) is 18.4. The monoisotopic (exact) mass is 546 g/mol. The minimum Gasteiger partial charge on any atom is -0.491 e. The van der Waals surface area contributed by atoms with Gasteiger partial charge >= 0.3 is 6.18 Å². The van der Waals surface area contributed by atoms with E-state index in [1.165, 1.54) is 25.3 Å². The fourth-order valence-corrected chi connectivity index (χ4v) is 5.12. The maximum Gasteiger partial charge on any atom is 0.416 e. The molecule has 0 saturated carbocycles. The number of hydrogen-bond acceptors (Lipinski definition) is 7. The SMILES string of the molecule is C=CC(=O)N1CCCC[C@@H](n2c(NC(O)c3cccc(C(F)(F)F)c3)nc3cc4c(c(OC)c32)OCCO4)C1. The number of anilines is 1. The first-order chi connectivity index (χ1) is 18.7. The summed E-state index contributed by atoms with van der Waals surface area (Å²) in [5, 5.41) is 13.9. The van der Waals surface area contributed by atoms with Gasteiger partial charge in [-0.05, 0) is 37.5 Å². The summed E-state index contributed by atoms with van der Waals surface area (Å²) in [4.78, 5) is 18.9. The number of methoxy groups -OCH3 is 1. The van der Waals surface area contributed by atoms with Gasteiger partial charge in [0, 0.05) is 24.7 Å². The van der Waals surface area contributed by atoms with E-state index in [1.54, 1.807) is 11.0 Å². The quantitative estimate of drug-likeness (QED) is 0.342. The highest BCUT2D eigenvalue weighted by molar-refractivity contribution is 5.91. The van der Waals surface area contributed by atoms with E-state index in [1.807, 2.05) is 4.57 Å². The number of aliphatic hydroxyl groups excluding tert-OH is 1. The van der Waals surface area contributed by atoms with E-state index in [0.717, 1.165) is 25.0 Å². The van der Waals surface area contributed by atoms with E-state index in [9.17, 15) is 23.1 Å². The lowest BCUT2D eigenvalue weighted by Crippen LogP contribution is -2.34. The number of ether oxygens (including phenoxy) is 3. The van der Waals surface area contributed by atoms with Crippen molar-refractivity contribution in [1.82, 2.24) is 14.5 Å². The average molecular weight is 547 g/mol. The van der Waals surface area contributed by atoms with Gasteiger partial charge in [0.25, 0.3) is 0 Å². The van der Waals surface area contributed by atoms with E-state index in [2.05, 4.69) is 11.9 Å². The molecule has 1 unspecified atom stereocenters. The zero-order chi connectivity index (χ0) is 27.7. The second-order valence-corrected chi connectivity index (χ2v) is 9.42. The van der Waals surface area contributed by atoms with Crippen LogP contribution in [0, 0.1) is 0 Å². The number of likely N-dealkylation sites (tertiary alicyclic amines) is 1. The maximum atomic E-state index is 13.3. The summed E-state index contributed by atoms with van der Waals surface area (Å²) < 4.78 is 59.1.